The van der Waals surface area contributed by atoms with E-state index >= 15 is 0 Å². The second-order valence-electron chi connectivity index (χ2n) is 14.4. The number of amides is 4. The van der Waals surface area contributed by atoms with E-state index in [2.05, 4.69) is 32.3 Å². The number of anilines is 1. The van der Waals surface area contributed by atoms with E-state index in [1.54, 1.807) is 18.2 Å². The lowest BCUT2D eigenvalue weighted by Crippen LogP contribution is -2.54. The Hall–Kier alpha value is -4.91. The van der Waals surface area contributed by atoms with Crippen LogP contribution in [0, 0.1) is 5.92 Å². The number of pyridine rings is 1. The second-order valence-corrected chi connectivity index (χ2v) is 14.4. The number of hydrogen-bond acceptors (Lipinski definition) is 9. The van der Waals surface area contributed by atoms with Crippen LogP contribution in [0.3, 0.4) is 0 Å². The van der Waals surface area contributed by atoms with Gasteiger partial charge >= 0.3 is 0 Å². The van der Waals surface area contributed by atoms with Gasteiger partial charge < -0.3 is 10.4 Å². The fourth-order valence-corrected chi connectivity index (χ4v) is 8.06. The standard InChI is InChI=1S/C36H38N8O5/c45-25-6-4-23(5-7-25)44-31-14-29(38-16-21(31)17-39-44)28-18-42(41-33(28)20-1-2-20)24-11-19(12-24)15-37-22-3-8-26-27(13-22)36(49)43(35(26)48)30-9-10-32(46)40-34(30)47/h3,8,13-14,16-20,23-25,30,37,45H,1-2,4-7,9-12,15H2,(H,40,46,47)/t19-,23-,24-,25-,30?. The van der Waals surface area contributed by atoms with Gasteiger partial charge in [-0.1, -0.05) is 0 Å². The van der Waals surface area contributed by atoms with Gasteiger partial charge in [-0.3, -0.25) is 43.7 Å². The zero-order chi connectivity index (χ0) is 33.4. The molecule has 4 amide bonds. The quantitative estimate of drug-likeness (QED) is 0.236. The Bertz CT molecular complexity index is 2020. The van der Waals surface area contributed by atoms with E-state index in [0.29, 0.717) is 17.9 Å². The van der Waals surface area contributed by atoms with Crippen LogP contribution in [0.1, 0.15) is 109 Å². The average Bonchev–Trinajstić information content (AvgIpc) is 3.61. The Morgan fingerprint density at radius 2 is 1.67 bits per heavy atom. The third kappa shape index (κ3) is 5.31. The molecule has 3 N–H and O–H groups in total. The molecular weight excluding hydrogens is 624 g/mol. The van der Waals surface area contributed by atoms with Crippen molar-refractivity contribution in [2.45, 2.75) is 94.4 Å². The van der Waals surface area contributed by atoms with Crippen LogP contribution in [-0.2, 0) is 9.59 Å². The molecule has 0 bridgehead atoms. The van der Waals surface area contributed by atoms with Crippen LogP contribution in [-0.4, -0.2) is 76.9 Å². The highest BCUT2D eigenvalue weighted by Crippen LogP contribution is 2.46. The van der Waals surface area contributed by atoms with Crippen molar-refractivity contribution in [3.63, 3.8) is 0 Å². The molecule has 1 aromatic carbocycles. The number of nitrogens with one attached hydrogen (secondary N) is 2. The first-order valence-electron chi connectivity index (χ1n) is 17.5. The topological polar surface area (TPSA) is 164 Å². The van der Waals surface area contributed by atoms with Gasteiger partial charge in [-0.15, -0.1) is 0 Å². The van der Waals surface area contributed by atoms with E-state index in [1.807, 2.05) is 12.4 Å². The Kier molecular flexibility index (Phi) is 7.15. The molecule has 5 aliphatic rings. The Morgan fingerprint density at radius 1 is 0.878 bits per heavy atom. The van der Waals surface area contributed by atoms with Crippen molar-refractivity contribution in [3.8, 4) is 11.3 Å². The first kappa shape index (κ1) is 30.2. The number of carbonyl (C=O) groups is 4. The van der Waals surface area contributed by atoms with Crippen molar-refractivity contribution in [2.75, 3.05) is 11.9 Å². The number of aromatic nitrogens is 5. The molecule has 1 unspecified atom stereocenters. The molecule has 3 saturated carbocycles. The van der Waals surface area contributed by atoms with E-state index in [4.69, 9.17) is 15.2 Å². The normalized spacial score (nSPS) is 27.0. The summed E-state index contributed by atoms with van der Waals surface area (Å²) in [4.78, 5) is 56.0. The van der Waals surface area contributed by atoms with E-state index < -0.39 is 29.7 Å². The molecule has 1 saturated heterocycles. The van der Waals surface area contributed by atoms with Gasteiger partial charge in [0.25, 0.3) is 11.8 Å². The molecule has 3 aliphatic carbocycles. The second kappa shape index (κ2) is 11.6. The minimum atomic E-state index is -0.976. The Balaban J connectivity index is 0.863. The molecule has 0 radical (unpaired) electrons. The van der Waals surface area contributed by atoms with Crippen molar-refractivity contribution in [1.82, 2.24) is 34.8 Å². The fraction of sp³-hybridized carbons (Fsp3) is 0.472. The van der Waals surface area contributed by atoms with Crippen LogP contribution in [0.5, 0.6) is 0 Å². The van der Waals surface area contributed by atoms with Gasteiger partial charge in [0.2, 0.25) is 11.8 Å². The van der Waals surface area contributed by atoms with Crippen molar-refractivity contribution in [2.24, 2.45) is 5.92 Å². The highest BCUT2D eigenvalue weighted by molar-refractivity contribution is 6.23. The van der Waals surface area contributed by atoms with Crippen molar-refractivity contribution < 1.29 is 24.3 Å². The maximum Gasteiger partial charge on any atom is 0.262 e. The van der Waals surface area contributed by atoms with Crippen LogP contribution in [0.4, 0.5) is 5.69 Å². The zero-order valence-corrected chi connectivity index (χ0v) is 27.0. The van der Waals surface area contributed by atoms with Gasteiger partial charge in [-0.25, -0.2) is 0 Å². The van der Waals surface area contributed by atoms with Crippen LogP contribution in [0.25, 0.3) is 22.2 Å². The van der Waals surface area contributed by atoms with Crippen molar-refractivity contribution >= 4 is 40.2 Å². The number of piperidine rings is 1. The summed E-state index contributed by atoms with van der Waals surface area (Å²) in [7, 11) is 0. The van der Waals surface area contributed by atoms with Crippen LogP contribution < -0.4 is 10.6 Å². The summed E-state index contributed by atoms with van der Waals surface area (Å²) in [5.74, 6) is -1.12. The third-order valence-corrected chi connectivity index (χ3v) is 11.1. The number of rotatable bonds is 8. The lowest BCUT2D eigenvalue weighted by atomic mass is 9.80. The van der Waals surface area contributed by atoms with Gasteiger partial charge in [-0.2, -0.15) is 10.2 Å². The SMILES string of the molecule is O=C1CCC(N2C(=O)c3ccc(NC[C@H]4C[C@H](n5cc(-c6cc7c(cn6)cnn7[C@H]6CC[C@H](O)CC6)c(C6CC6)n5)C4)cc3C2=O)C(=O)N1. The fourth-order valence-electron chi connectivity index (χ4n) is 8.06. The summed E-state index contributed by atoms with van der Waals surface area (Å²) in [5.41, 5.74) is 5.53. The minimum Gasteiger partial charge on any atom is -0.393 e. The highest BCUT2D eigenvalue weighted by atomic mass is 16.3. The van der Waals surface area contributed by atoms with E-state index in [0.717, 1.165) is 96.4 Å². The molecule has 4 aromatic rings. The van der Waals surface area contributed by atoms with Crippen LogP contribution in [0.2, 0.25) is 0 Å². The van der Waals surface area contributed by atoms with Crippen LogP contribution in [0.15, 0.2) is 42.9 Å². The molecule has 13 heteroatoms. The number of aliphatic hydroxyl groups excluding tert-OH is 1. The van der Waals surface area contributed by atoms with Gasteiger partial charge in [-0.05, 0) is 88.0 Å². The molecule has 5 heterocycles. The van der Waals surface area contributed by atoms with Gasteiger partial charge in [0, 0.05) is 47.9 Å². The molecule has 252 valence electrons. The summed E-state index contributed by atoms with van der Waals surface area (Å²) in [6.45, 7) is 0.721. The van der Waals surface area contributed by atoms with Gasteiger partial charge in [0.05, 0.1) is 52.4 Å². The lowest BCUT2D eigenvalue weighted by molar-refractivity contribution is -0.136. The zero-order valence-electron chi connectivity index (χ0n) is 27.0. The number of nitrogens with zero attached hydrogens (tertiary/aromatic N) is 6. The summed E-state index contributed by atoms with van der Waals surface area (Å²) in [6, 6.07) is 6.88. The average molecular weight is 663 g/mol. The molecule has 49 heavy (non-hydrogen) atoms. The number of hydrogen-bond donors (Lipinski definition) is 3. The summed E-state index contributed by atoms with van der Waals surface area (Å²) in [6.07, 6.45) is 13.7. The van der Waals surface area contributed by atoms with Crippen molar-refractivity contribution in [1.29, 1.82) is 0 Å². The van der Waals surface area contributed by atoms with E-state index in [9.17, 15) is 24.3 Å². The van der Waals surface area contributed by atoms with Crippen molar-refractivity contribution in [3.05, 3.63) is 59.7 Å². The van der Waals surface area contributed by atoms with Crippen LogP contribution >= 0.6 is 0 Å². The molecule has 0 spiro atoms. The number of benzene rings is 1. The smallest absolute Gasteiger partial charge is 0.262 e. The maximum absolute atomic E-state index is 13.2. The lowest BCUT2D eigenvalue weighted by Gasteiger charge is -2.35. The number of fused-ring (bicyclic) bond motifs is 2. The maximum atomic E-state index is 13.2. The van der Waals surface area contributed by atoms with E-state index in [1.165, 1.54) is 0 Å². The molecule has 9 rings (SSSR count). The predicted molar refractivity (Wildman–Crippen MR) is 178 cm³/mol. The third-order valence-electron chi connectivity index (χ3n) is 11.1. The summed E-state index contributed by atoms with van der Waals surface area (Å²) in [5, 5.41) is 26.5. The predicted octanol–water partition coefficient (Wildman–Crippen LogP) is 4.11. The number of carbonyl (C=O) groups excluding carboxylic acids is 4. The first-order chi connectivity index (χ1) is 23.8. The summed E-state index contributed by atoms with van der Waals surface area (Å²) >= 11 is 0. The molecular formula is C36H38N8O5. The summed E-state index contributed by atoms with van der Waals surface area (Å²) < 4.78 is 4.26. The highest BCUT2D eigenvalue weighted by Gasteiger charge is 2.45. The number of aliphatic hydroxyl groups is 1. The van der Waals surface area contributed by atoms with E-state index in [-0.39, 0.29) is 36.1 Å². The Morgan fingerprint density at radius 3 is 2.45 bits per heavy atom. The van der Waals surface area contributed by atoms with Gasteiger partial charge in [0.15, 0.2) is 0 Å². The number of imide groups is 2. The first-order valence-corrected chi connectivity index (χ1v) is 17.5. The molecule has 2 aliphatic heterocycles. The molecule has 3 aromatic heterocycles. The molecule has 1 atom stereocenters. The minimum absolute atomic E-state index is 0.0905. The Labute approximate surface area is 282 Å². The molecule has 4 fully saturated rings. The molecule has 13 nitrogen and oxygen atoms in total. The largest absolute Gasteiger partial charge is 0.393 e. The monoisotopic (exact) mass is 662 g/mol. The van der Waals surface area contributed by atoms with Gasteiger partial charge in [0.1, 0.15) is 6.04 Å².